The lowest BCUT2D eigenvalue weighted by atomic mass is 10.2. The fourth-order valence-corrected chi connectivity index (χ4v) is 2.29. The Morgan fingerprint density at radius 2 is 2.26 bits per heavy atom. The predicted molar refractivity (Wildman–Crippen MR) is 79.9 cm³/mol. The number of hydrogen-bond donors (Lipinski definition) is 2. The number of nitrogens with zero attached hydrogens (tertiary/aromatic N) is 1. The second kappa shape index (κ2) is 7.26. The van der Waals surface area contributed by atoms with E-state index in [1.165, 1.54) is 0 Å². The summed E-state index contributed by atoms with van der Waals surface area (Å²) in [5, 5.41) is 11.7. The zero-order chi connectivity index (χ0) is 16.1. The minimum atomic E-state index is -0.297. The number of amides is 1. The highest BCUT2D eigenvalue weighted by Crippen LogP contribution is 2.19. The Kier molecular flexibility index (Phi) is 4.89. The maximum absolute atomic E-state index is 12.3. The van der Waals surface area contributed by atoms with Crippen molar-refractivity contribution in [3.05, 3.63) is 47.5 Å². The van der Waals surface area contributed by atoms with Gasteiger partial charge in [-0.1, -0.05) is 0 Å². The summed E-state index contributed by atoms with van der Waals surface area (Å²) >= 11 is 0. The van der Waals surface area contributed by atoms with Crippen LogP contribution in [0.5, 0.6) is 5.88 Å². The Hall–Kier alpha value is -2.38. The molecule has 7 heteroatoms. The molecular formula is C16H18N2O5. The molecule has 0 spiro atoms. The minimum Gasteiger partial charge on any atom is -0.471 e. The molecule has 23 heavy (non-hydrogen) atoms. The average molecular weight is 318 g/mol. The molecule has 1 amide bonds. The van der Waals surface area contributed by atoms with Gasteiger partial charge < -0.3 is 24.3 Å². The van der Waals surface area contributed by atoms with E-state index in [-0.39, 0.29) is 25.2 Å². The van der Waals surface area contributed by atoms with Crippen molar-refractivity contribution in [2.75, 3.05) is 13.2 Å². The lowest BCUT2D eigenvalue weighted by Crippen LogP contribution is -2.25. The number of nitrogens with one attached hydrogen (secondary N) is 1. The van der Waals surface area contributed by atoms with Crippen LogP contribution in [0.25, 0.3) is 0 Å². The normalized spacial score (nSPS) is 17.2. The molecule has 0 bridgehead atoms. The minimum absolute atomic E-state index is 0.0753. The second-order valence-corrected chi connectivity index (χ2v) is 5.17. The molecule has 1 aliphatic rings. The number of aliphatic hydroxyl groups excluding tert-OH is 1. The van der Waals surface area contributed by atoms with Gasteiger partial charge in [-0.05, 0) is 24.3 Å². The van der Waals surface area contributed by atoms with Crippen molar-refractivity contribution in [3.8, 4) is 5.88 Å². The summed E-state index contributed by atoms with van der Waals surface area (Å²) in [6.45, 7) is 1.22. The van der Waals surface area contributed by atoms with Gasteiger partial charge >= 0.3 is 0 Å². The third kappa shape index (κ3) is 3.88. The smallest absolute Gasteiger partial charge is 0.257 e. The van der Waals surface area contributed by atoms with Crippen LogP contribution in [0.2, 0.25) is 0 Å². The van der Waals surface area contributed by atoms with Crippen molar-refractivity contribution >= 4 is 5.91 Å². The highest BCUT2D eigenvalue weighted by molar-refractivity contribution is 5.96. The second-order valence-electron chi connectivity index (χ2n) is 5.17. The molecule has 3 rings (SSSR count). The first-order chi connectivity index (χ1) is 11.3. The van der Waals surface area contributed by atoms with Gasteiger partial charge in [0.25, 0.3) is 5.91 Å². The lowest BCUT2D eigenvalue weighted by Gasteiger charge is -2.13. The van der Waals surface area contributed by atoms with Crippen LogP contribution in [0.3, 0.4) is 0 Å². The molecule has 1 atom stereocenters. The van der Waals surface area contributed by atoms with E-state index in [4.69, 9.17) is 19.0 Å². The van der Waals surface area contributed by atoms with Crippen molar-refractivity contribution in [3.63, 3.8) is 0 Å². The largest absolute Gasteiger partial charge is 0.471 e. The predicted octanol–water partition coefficient (Wildman–Crippen LogP) is 1.26. The summed E-state index contributed by atoms with van der Waals surface area (Å²) in [6, 6.07) is 6.72. The van der Waals surface area contributed by atoms with Gasteiger partial charge in [-0.15, -0.1) is 0 Å². The fourth-order valence-electron chi connectivity index (χ4n) is 2.29. The van der Waals surface area contributed by atoms with E-state index in [0.717, 1.165) is 6.42 Å². The molecule has 1 saturated heterocycles. The molecule has 2 aromatic rings. The third-order valence-electron chi connectivity index (χ3n) is 3.48. The first-order valence-electron chi connectivity index (χ1n) is 7.42. The molecule has 0 unspecified atom stereocenters. The first-order valence-corrected chi connectivity index (χ1v) is 7.42. The molecule has 0 aromatic carbocycles. The van der Waals surface area contributed by atoms with Gasteiger partial charge in [-0.3, -0.25) is 4.79 Å². The van der Waals surface area contributed by atoms with Crippen LogP contribution >= 0.6 is 0 Å². The van der Waals surface area contributed by atoms with Crippen LogP contribution in [0.4, 0.5) is 0 Å². The van der Waals surface area contributed by atoms with Gasteiger partial charge in [0.1, 0.15) is 29.8 Å². The molecule has 2 N–H and O–H groups in total. The molecule has 0 aliphatic carbocycles. The van der Waals surface area contributed by atoms with E-state index in [1.54, 1.807) is 30.5 Å². The monoisotopic (exact) mass is 318 g/mol. The maximum Gasteiger partial charge on any atom is 0.257 e. The maximum atomic E-state index is 12.3. The number of rotatable bonds is 6. The van der Waals surface area contributed by atoms with Crippen LogP contribution in [0, 0.1) is 0 Å². The van der Waals surface area contributed by atoms with Crippen molar-refractivity contribution in [1.29, 1.82) is 0 Å². The summed E-state index contributed by atoms with van der Waals surface area (Å²) in [6.07, 6.45) is 2.30. The molecule has 0 radical (unpaired) electrons. The van der Waals surface area contributed by atoms with Gasteiger partial charge in [0.05, 0.1) is 19.8 Å². The van der Waals surface area contributed by atoms with Crippen molar-refractivity contribution in [1.82, 2.24) is 10.3 Å². The molecule has 3 heterocycles. The van der Waals surface area contributed by atoms with E-state index < -0.39 is 0 Å². The standard InChI is InChI=1S/C16H18N2O5/c19-9-12-4-3-11(22-12)8-18-15(20)14-2-1-6-17-16(14)23-13-5-7-21-10-13/h1-4,6,13,19H,5,7-10H2,(H,18,20)/t13-/m0/s1. The van der Waals surface area contributed by atoms with Crippen LogP contribution < -0.4 is 10.1 Å². The Bertz CT molecular complexity index is 664. The Morgan fingerprint density at radius 3 is 3.00 bits per heavy atom. The van der Waals surface area contributed by atoms with E-state index in [9.17, 15) is 4.79 Å². The van der Waals surface area contributed by atoms with Crippen LogP contribution in [0.15, 0.2) is 34.9 Å². The van der Waals surface area contributed by atoms with Gasteiger partial charge in [-0.2, -0.15) is 0 Å². The number of carbonyl (C=O) groups excluding carboxylic acids is 1. The summed E-state index contributed by atoms with van der Waals surface area (Å²) in [4.78, 5) is 16.5. The summed E-state index contributed by atoms with van der Waals surface area (Å²) in [5.74, 6) is 1.03. The number of furan rings is 1. The average Bonchev–Trinajstić information content (AvgIpc) is 3.24. The van der Waals surface area contributed by atoms with Gasteiger partial charge in [-0.25, -0.2) is 4.98 Å². The van der Waals surface area contributed by atoms with E-state index in [2.05, 4.69) is 10.3 Å². The SMILES string of the molecule is O=C(NCc1ccc(CO)o1)c1cccnc1O[C@H]1CCOC1. The van der Waals surface area contributed by atoms with Gasteiger partial charge in [0.15, 0.2) is 0 Å². The summed E-state index contributed by atoms with van der Waals surface area (Å²) < 4.78 is 16.3. The number of ether oxygens (including phenoxy) is 2. The van der Waals surface area contributed by atoms with Gasteiger partial charge in [0, 0.05) is 12.6 Å². The van der Waals surface area contributed by atoms with E-state index >= 15 is 0 Å². The van der Waals surface area contributed by atoms with Crippen molar-refractivity contribution in [2.45, 2.75) is 25.7 Å². The first kappa shape index (κ1) is 15.5. The molecule has 1 fully saturated rings. The molecule has 122 valence electrons. The lowest BCUT2D eigenvalue weighted by molar-refractivity contribution is 0.0934. The zero-order valence-electron chi connectivity index (χ0n) is 12.5. The highest BCUT2D eigenvalue weighted by atomic mass is 16.5. The zero-order valence-corrected chi connectivity index (χ0v) is 12.5. The Morgan fingerprint density at radius 1 is 1.39 bits per heavy atom. The van der Waals surface area contributed by atoms with Crippen LogP contribution in [-0.2, 0) is 17.9 Å². The number of carbonyl (C=O) groups is 1. The van der Waals surface area contributed by atoms with Crippen LogP contribution in [-0.4, -0.2) is 35.3 Å². The quantitative estimate of drug-likeness (QED) is 0.833. The summed E-state index contributed by atoms with van der Waals surface area (Å²) in [7, 11) is 0. The number of pyridine rings is 1. The molecule has 2 aromatic heterocycles. The molecular weight excluding hydrogens is 300 g/mol. The number of hydrogen-bond acceptors (Lipinski definition) is 6. The Balaban J connectivity index is 1.64. The van der Waals surface area contributed by atoms with Crippen molar-refractivity contribution in [2.24, 2.45) is 0 Å². The fraction of sp³-hybridized carbons (Fsp3) is 0.375. The topological polar surface area (TPSA) is 93.8 Å². The molecule has 1 aliphatic heterocycles. The summed E-state index contributed by atoms with van der Waals surface area (Å²) in [5.41, 5.74) is 0.369. The number of aromatic nitrogens is 1. The van der Waals surface area contributed by atoms with Gasteiger partial charge in [0.2, 0.25) is 5.88 Å². The third-order valence-corrected chi connectivity index (χ3v) is 3.48. The van der Waals surface area contributed by atoms with E-state index in [1.807, 2.05) is 0 Å². The molecule has 0 saturated carbocycles. The number of aliphatic hydroxyl groups is 1. The van der Waals surface area contributed by atoms with Crippen molar-refractivity contribution < 1.29 is 23.8 Å². The Labute approximate surface area is 133 Å². The van der Waals surface area contributed by atoms with Crippen LogP contribution in [0.1, 0.15) is 28.3 Å². The van der Waals surface area contributed by atoms with E-state index in [0.29, 0.717) is 36.2 Å². The highest BCUT2D eigenvalue weighted by Gasteiger charge is 2.21. The molecule has 7 nitrogen and oxygen atoms in total.